The van der Waals surface area contributed by atoms with Crippen molar-refractivity contribution in [3.63, 3.8) is 0 Å². The van der Waals surface area contributed by atoms with Crippen LogP contribution in [0, 0.1) is 12.8 Å². The van der Waals surface area contributed by atoms with Gasteiger partial charge < -0.3 is 0 Å². The Morgan fingerprint density at radius 1 is 1.22 bits per heavy atom. The van der Waals surface area contributed by atoms with Crippen molar-refractivity contribution in [1.29, 1.82) is 0 Å². The van der Waals surface area contributed by atoms with Gasteiger partial charge in [-0.25, -0.2) is 0 Å². The maximum absolute atomic E-state index is 6.10. The van der Waals surface area contributed by atoms with Crippen LogP contribution in [0.3, 0.4) is 0 Å². The van der Waals surface area contributed by atoms with Crippen molar-refractivity contribution in [1.82, 2.24) is 0 Å². The Morgan fingerprint density at radius 2 is 2.11 bits per heavy atom. The Morgan fingerprint density at radius 3 is 2.78 bits per heavy atom. The topological polar surface area (TPSA) is 0 Å². The molecule has 1 aromatic carbocycles. The van der Waals surface area contributed by atoms with Gasteiger partial charge in [-0.2, -0.15) is 0 Å². The number of thiophene rings is 1. The molecule has 0 bridgehead atoms. The lowest BCUT2D eigenvalue weighted by atomic mass is 9.95. The average Bonchev–Trinajstić information content (AvgIpc) is 2.87. The van der Waals surface area contributed by atoms with Crippen LogP contribution in [0.1, 0.15) is 22.4 Å². The second-order valence-electron chi connectivity index (χ2n) is 4.83. The molecule has 0 nitrogen and oxygen atoms in total. The fourth-order valence-corrected chi connectivity index (χ4v) is 3.20. The van der Waals surface area contributed by atoms with Crippen LogP contribution >= 0.6 is 22.9 Å². The molecule has 2 rings (SSSR count). The number of hydrogen-bond donors (Lipinski definition) is 0. The summed E-state index contributed by atoms with van der Waals surface area (Å²) in [6, 6.07) is 13.1. The molecule has 0 aliphatic rings. The minimum absolute atomic E-state index is 0.579. The van der Waals surface area contributed by atoms with E-state index in [1.54, 1.807) is 0 Å². The quantitative estimate of drug-likeness (QED) is 0.646. The van der Waals surface area contributed by atoms with Crippen LogP contribution in [0.5, 0.6) is 0 Å². The summed E-state index contributed by atoms with van der Waals surface area (Å²) in [5.41, 5.74) is 2.74. The Labute approximate surface area is 119 Å². The first-order valence-corrected chi connectivity index (χ1v) is 7.83. The smallest absolute Gasteiger partial charge is 0.0255 e. The lowest BCUT2D eigenvalue weighted by Crippen LogP contribution is -2.07. The molecular formula is C16H19ClS. The Kier molecular flexibility index (Phi) is 5.27. The molecule has 0 amide bonds. The SMILES string of the molecule is Cc1cccc(CC(CCl)CCc2cccs2)c1. The zero-order valence-corrected chi connectivity index (χ0v) is 12.3. The van der Waals surface area contributed by atoms with Crippen molar-refractivity contribution in [2.24, 2.45) is 5.92 Å². The molecule has 0 saturated carbocycles. The van der Waals surface area contributed by atoms with Crippen molar-refractivity contribution >= 4 is 22.9 Å². The maximum Gasteiger partial charge on any atom is 0.0255 e. The van der Waals surface area contributed by atoms with Crippen molar-refractivity contribution < 1.29 is 0 Å². The number of aryl methyl sites for hydroxylation is 2. The molecule has 0 saturated heterocycles. The summed E-state index contributed by atoms with van der Waals surface area (Å²) in [5, 5.41) is 2.14. The summed E-state index contributed by atoms with van der Waals surface area (Å²) in [5.74, 6) is 1.33. The summed E-state index contributed by atoms with van der Waals surface area (Å²) < 4.78 is 0. The van der Waals surface area contributed by atoms with E-state index in [0.29, 0.717) is 5.92 Å². The van der Waals surface area contributed by atoms with Gasteiger partial charge in [-0.05, 0) is 49.1 Å². The first-order valence-electron chi connectivity index (χ1n) is 6.42. The minimum Gasteiger partial charge on any atom is -0.149 e. The van der Waals surface area contributed by atoms with E-state index in [4.69, 9.17) is 11.6 Å². The first-order chi connectivity index (χ1) is 8.78. The number of alkyl halides is 1. The van der Waals surface area contributed by atoms with Crippen LogP contribution in [0.2, 0.25) is 0 Å². The molecule has 0 radical (unpaired) electrons. The van der Waals surface area contributed by atoms with Crippen LogP contribution in [0.15, 0.2) is 41.8 Å². The molecule has 1 heterocycles. The highest BCUT2D eigenvalue weighted by Crippen LogP contribution is 2.19. The fourth-order valence-electron chi connectivity index (χ4n) is 2.21. The minimum atomic E-state index is 0.579. The van der Waals surface area contributed by atoms with E-state index >= 15 is 0 Å². The molecule has 0 fully saturated rings. The van der Waals surface area contributed by atoms with E-state index in [1.807, 2.05) is 11.3 Å². The Balaban J connectivity index is 1.89. The molecule has 1 unspecified atom stereocenters. The van der Waals surface area contributed by atoms with Gasteiger partial charge in [-0.1, -0.05) is 35.9 Å². The zero-order valence-electron chi connectivity index (χ0n) is 10.7. The highest BCUT2D eigenvalue weighted by atomic mass is 35.5. The monoisotopic (exact) mass is 278 g/mol. The lowest BCUT2D eigenvalue weighted by Gasteiger charge is -2.13. The van der Waals surface area contributed by atoms with Crippen molar-refractivity contribution in [2.45, 2.75) is 26.2 Å². The third-order valence-electron chi connectivity index (χ3n) is 3.20. The Hall–Kier alpha value is -0.790. The van der Waals surface area contributed by atoms with Gasteiger partial charge in [0.1, 0.15) is 0 Å². The summed E-state index contributed by atoms with van der Waals surface area (Å²) in [6.45, 7) is 2.14. The summed E-state index contributed by atoms with van der Waals surface area (Å²) in [4.78, 5) is 1.47. The maximum atomic E-state index is 6.10. The fraction of sp³-hybridized carbons (Fsp3) is 0.375. The molecule has 2 aromatic rings. The molecule has 1 atom stereocenters. The van der Waals surface area contributed by atoms with Crippen molar-refractivity contribution in [3.8, 4) is 0 Å². The van der Waals surface area contributed by atoms with Gasteiger partial charge in [0, 0.05) is 10.8 Å². The van der Waals surface area contributed by atoms with E-state index in [1.165, 1.54) is 22.4 Å². The van der Waals surface area contributed by atoms with Gasteiger partial charge in [0.05, 0.1) is 0 Å². The van der Waals surface area contributed by atoms with Gasteiger partial charge in [0.25, 0.3) is 0 Å². The van der Waals surface area contributed by atoms with Gasteiger partial charge >= 0.3 is 0 Å². The predicted octanol–water partition coefficient (Wildman–Crippen LogP) is 5.09. The van der Waals surface area contributed by atoms with Gasteiger partial charge in [-0.15, -0.1) is 22.9 Å². The molecule has 0 spiro atoms. The van der Waals surface area contributed by atoms with Gasteiger partial charge in [-0.3, -0.25) is 0 Å². The van der Waals surface area contributed by atoms with Crippen molar-refractivity contribution in [2.75, 3.05) is 5.88 Å². The summed E-state index contributed by atoms with van der Waals surface area (Å²) in [6.07, 6.45) is 3.43. The van der Waals surface area contributed by atoms with Gasteiger partial charge in [0.2, 0.25) is 0 Å². The molecule has 0 N–H and O–H groups in total. The Bertz CT molecular complexity index is 462. The molecule has 1 aromatic heterocycles. The molecule has 0 aliphatic heterocycles. The third-order valence-corrected chi connectivity index (χ3v) is 4.58. The summed E-state index contributed by atoms with van der Waals surface area (Å²) >= 11 is 7.94. The lowest BCUT2D eigenvalue weighted by molar-refractivity contribution is 0.538. The number of benzene rings is 1. The molecule has 96 valence electrons. The second-order valence-corrected chi connectivity index (χ2v) is 6.17. The molecular weight excluding hydrogens is 260 g/mol. The largest absolute Gasteiger partial charge is 0.149 e. The average molecular weight is 279 g/mol. The molecule has 18 heavy (non-hydrogen) atoms. The zero-order chi connectivity index (χ0) is 12.8. The van der Waals surface area contributed by atoms with Crippen LogP contribution < -0.4 is 0 Å². The highest BCUT2D eigenvalue weighted by molar-refractivity contribution is 7.09. The van der Waals surface area contributed by atoms with Crippen LogP contribution in [0.4, 0.5) is 0 Å². The van der Waals surface area contributed by atoms with E-state index in [2.05, 4.69) is 48.7 Å². The number of hydrogen-bond acceptors (Lipinski definition) is 1. The molecule has 2 heteroatoms. The van der Waals surface area contributed by atoms with Crippen molar-refractivity contribution in [3.05, 3.63) is 57.8 Å². The van der Waals surface area contributed by atoms with E-state index in [9.17, 15) is 0 Å². The predicted molar refractivity (Wildman–Crippen MR) is 81.7 cm³/mol. The first kappa shape index (κ1) is 13.6. The van der Waals surface area contributed by atoms with E-state index in [-0.39, 0.29) is 0 Å². The van der Waals surface area contributed by atoms with Crippen LogP contribution in [-0.4, -0.2) is 5.88 Å². The number of rotatable bonds is 6. The highest BCUT2D eigenvalue weighted by Gasteiger charge is 2.09. The van der Waals surface area contributed by atoms with Gasteiger partial charge in [0.15, 0.2) is 0 Å². The normalized spacial score (nSPS) is 12.6. The molecule has 0 aliphatic carbocycles. The van der Waals surface area contributed by atoms with Crippen LogP contribution in [0.25, 0.3) is 0 Å². The third kappa shape index (κ3) is 4.15. The van der Waals surface area contributed by atoms with E-state index < -0.39 is 0 Å². The van der Waals surface area contributed by atoms with E-state index in [0.717, 1.165) is 18.7 Å². The standard InChI is InChI=1S/C16H19ClS/c1-13-4-2-5-14(10-13)11-15(12-17)7-8-16-6-3-9-18-16/h2-6,9-10,15H,7-8,11-12H2,1H3. The second kappa shape index (κ2) is 6.96. The van der Waals surface area contributed by atoms with Crippen LogP contribution in [-0.2, 0) is 12.8 Å². The summed E-state index contributed by atoms with van der Waals surface area (Å²) in [7, 11) is 0. The number of halogens is 1.